The van der Waals surface area contributed by atoms with Gasteiger partial charge in [-0.1, -0.05) is 52.1 Å². The molecule has 1 nitrogen and oxygen atoms in total. The second-order valence-corrected chi connectivity index (χ2v) is 5.53. The van der Waals surface area contributed by atoms with Crippen LogP contribution < -0.4 is 0 Å². The van der Waals surface area contributed by atoms with Gasteiger partial charge in [0.25, 0.3) is 0 Å². The van der Waals surface area contributed by atoms with Gasteiger partial charge < -0.3 is 0 Å². The van der Waals surface area contributed by atoms with Gasteiger partial charge in [0.1, 0.15) is 0 Å². The van der Waals surface area contributed by atoms with E-state index in [0.29, 0.717) is 12.3 Å². The second-order valence-electron chi connectivity index (χ2n) is 3.76. The molecule has 15 heavy (non-hydrogen) atoms. The van der Waals surface area contributed by atoms with Crippen LogP contribution in [0.1, 0.15) is 37.0 Å². The molecule has 3 heteroatoms. The molecule has 0 bridgehead atoms. The minimum absolute atomic E-state index is 0.212. The number of hydrogen-bond acceptors (Lipinski definition) is 1. The maximum absolute atomic E-state index is 11.9. The molecule has 1 unspecified atom stereocenters. The largest absolute Gasteiger partial charge is 0.294 e. The molecule has 0 aromatic heterocycles. The van der Waals surface area contributed by atoms with Crippen LogP contribution in [0.15, 0.2) is 27.1 Å². The molecular formula is C12H14Br2O. The molecule has 1 atom stereocenters. The molecule has 0 aliphatic rings. The molecule has 0 radical (unpaired) electrons. The van der Waals surface area contributed by atoms with E-state index in [0.717, 1.165) is 20.9 Å². The van der Waals surface area contributed by atoms with Gasteiger partial charge in [0.05, 0.1) is 0 Å². The van der Waals surface area contributed by atoms with Gasteiger partial charge in [-0.25, -0.2) is 0 Å². The predicted octanol–water partition coefficient (Wildman–Crippen LogP) is 4.83. The summed E-state index contributed by atoms with van der Waals surface area (Å²) in [5.74, 6) is 0.664. The molecule has 0 heterocycles. The number of hydrogen-bond donors (Lipinski definition) is 0. The monoisotopic (exact) mass is 332 g/mol. The molecule has 0 fully saturated rings. The Bertz CT molecular complexity index is 361. The molecular weight excluding hydrogens is 320 g/mol. The zero-order valence-electron chi connectivity index (χ0n) is 8.89. The fourth-order valence-electron chi connectivity index (χ4n) is 1.29. The fourth-order valence-corrected chi connectivity index (χ4v) is 2.55. The van der Waals surface area contributed by atoms with Crippen molar-refractivity contribution in [1.82, 2.24) is 0 Å². The zero-order chi connectivity index (χ0) is 11.4. The SMILES string of the molecule is CCC(C)CC(=O)c1ccc(Br)cc1Br. The van der Waals surface area contributed by atoms with E-state index in [1.165, 1.54) is 0 Å². The summed E-state index contributed by atoms with van der Waals surface area (Å²) in [6.07, 6.45) is 1.66. The summed E-state index contributed by atoms with van der Waals surface area (Å²) in [6.45, 7) is 4.21. The Labute approximate surface area is 108 Å². The van der Waals surface area contributed by atoms with Gasteiger partial charge in [-0.05, 0) is 24.1 Å². The Balaban J connectivity index is 2.82. The Morgan fingerprint density at radius 2 is 2.07 bits per heavy atom. The Hall–Kier alpha value is -0.150. The quantitative estimate of drug-likeness (QED) is 0.721. The molecule has 1 rings (SSSR count). The number of rotatable bonds is 4. The van der Waals surface area contributed by atoms with Crippen LogP contribution in [-0.4, -0.2) is 5.78 Å². The summed E-state index contributed by atoms with van der Waals surface area (Å²) in [4.78, 5) is 11.9. The van der Waals surface area contributed by atoms with Gasteiger partial charge in [0.15, 0.2) is 5.78 Å². The molecule has 0 amide bonds. The van der Waals surface area contributed by atoms with Crippen LogP contribution in [-0.2, 0) is 0 Å². The predicted molar refractivity (Wildman–Crippen MR) is 70.2 cm³/mol. The van der Waals surface area contributed by atoms with E-state index in [2.05, 4.69) is 45.7 Å². The molecule has 0 aliphatic carbocycles. The second kappa shape index (κ2) is 5.80. The van der Waals surface area contributed by atoms with Gasteiger partial charge in [-0.3, -0.25) is 4.79 Å². The van der Waals surface area contributed by atoms with Crippen LogP contribution in [0.25, 0.3) is 0 Å². The van der Waals surface area contributed by atoms with Crippen LogP contribution >= 0.6 is 31.9 Å². The first-order chi connectivity index (χ1) is 7.04. The van der Waals surface area contributed by atoms with E-state index in [4.69, 9.17) is 0 Å². The average molecular weight is 334 g/mol. The highest BCUT2D eigenvalue weighted by atomic mass is 79.9. The van der Waals surface area contributed by atoms with Gasteiger partial charge in [0, 0.05) is 20.9 Å². The highest BCUT2D eigenvalue weighted by molar-refractivity contribution is 9.11. The van der Waals surface area contributed by atoms with Gasteiger partial charge in [0.2, 0.25) is 0 Å². The summed E-state index contributed by atoms with van der Waals surface area (Å²) >= 11 is 6.78. The summed E-state index contributed by atoms with van der Waals surface area (Å²) in [6, 6.07) is 5.66. The fraction of sp³-hybridized carbons (Fsp3) is 0.417. The van der Waals surface area contributed by atoms with Crippen molar-refractivity contribution in [2.24, 2.45) is 5.92 Å². The summed E-state index contributed by atoms with van der Waals surface area (Å²) in [5, 5.41) is 0. The number of carbonyl (C=O) groups excluding carboxylic acids is 1. The lowest BCUT2D eigenvalue weighted by Gasteiger charge is -2.08. The van der Waals surface area contributed by atoms with Crippen molar-refractivity contribution in [3.63, 3.8) is 0 Å². The molecule has 0 N–H and O–H groups in total. The van der Waals surface area contributed by atoms with Crippen LogP contribution in [0.2, 0.25) is 0 Å². The Morgan fingerprint density at radius 1 is 1.40 bits per heavy atom. The number of carbonyl (C=O) groups is 1. The first-order valence-corrected chi connectivity index (χ1v) is 6.61. The van der Waals surface area contributed by atoms with Gasteiger partial charge in [-0.15, -0.1) is 0 Å². The molecule has 82 valence electrons. The average Bonchev–Trinajstić information content (AvgIpc) is 2.17. The summed E-state index contributed by atoms with van der Waals surface area (Å²) in [7, 11) is 0. The highest BCUT2D eigenvalue weighted by Gasteiger charge is 2.12. The topological polar surface area (TPSA) is 17.1 Å². The van der Waals surface area contributed by atoms with Gasteiger partial charge >= 0.3 is 0 Å². The van der Waals surface area contributed by atoms with E-state index in [1.54, 1.807) is 0 Å². The highest BCUT2D eigenvalue weighted by Crippen LogP contribution is 2.24. The smallest absolute Gasteiger partial charge is 0.164 e. The van der Waals surface area contributed by atoms with E-state index in [1.807, 2.05) is 18.2 Å². The zero-order valence-corrected chi connectivity index (χ0v) is 12.1. The standard InChI is InChI=1S/C12H14Br2O/c1-3-8(2)6-12(15)10-5-4-9(13)7-11(10)14/h4-5,7-8H,3,6H2,1-2H3. The van der Waals surface area contributed by atoms with E-state index >= 15 is 0 Å². The first kappa shape index (κ1) is 12.9. The first-order valence-electron chi connectivity index (χ1n) is 5.02. The summed E-state index contributed by atoms with van der Waals surface area (Å²) in [5.41, 5.74) is 0.776. The van der Waals surface area contributed by atoms with Crippen molar-refractivity contribution in [2.75, 3.05) is 0 Å². The third-order valence-corrected chi connectivity index (χ3v) is 3.61. The maximum atomic E-state index is 11.9. The Kier molecular flexibility index (Phi) is 5.00. The lowest BCUT2D eigenvalue weighted by atomic mass is 9.98. The van der Waals surface area contributed by atoms with Crippen molar-refractivity contribution in [1.29, 1.82) is 0 Å². The van der Waals surface area contributed by atoms with Crippen molar-refractivity contribution in [3.05, 3.63) is 32.7 Å². The minimum atomic E-state index is 0.212. The van der Waals surface area contributed by atoms with Crippen LogP contribution in [0, 0.1) is 5.92 Å². The molecule has 0 saturated carbocycles. The number of halogens is 2. The van der Waals surface area contributed by atoms with Crippen molar-refractivity contribution in [2.45, 2.75) is 26.7 Å². The van der Waals surface area contributed by atoms with Crippen LogP contribution in [0.3, 0.4) is 0 Å². The number of benzene rings is 1. The lowest BCUT2D eigenvalue weighted by molar-refractivity contribution is 0.0963. The number of ketones is 1. The van der Waals surface area contributed by atoms with Crippen molar-refractivity contribution < 1.29 is 4.79 Å². The van der Waals surface area contributed by atoms with Crippen molar-refractivity contribution >= 4 is 37.6 Å². The van der Waals surface area contributed by atoms with Crippen LogP contribution in [0.4, 0.5) is 0 Å². The van der Waals surface area contributed by atoms with E-state index in [-0.39, 0.29) is 5.78 Å². The van der Waals surface area contributed by atoms with Crippen molar-refractivity contribution in [3.8, 4) is 0 Å². The molecule has 1 aromatic carbocycles. The third kappa shape index (κ3) is 3.72. The molecule has 0 aliphatic heterocycles. The molecule has 1 aromatic rings. The lowest BCUT2D eigenvalue weighted by Crippen LogP contribution is -2.05. The van der Waals surface area contributed by atoms with Crippen LogP contribution in [0.5, 0.6) is 0 Å². The third-order valence-electron chi connectivity index (χ3n) is 2.46. The van der Waals surface area contributed by atoms with E-state index in [9.17, 15) is 4.79 Å². The molecule has 0 spiro atoms. The molecule has 0 saturated heterocycles. The minimum Gasteiger partial charge on any atom is -0.294 e. The number of Topliss-reactive ketones (excluding diaryl/α,β-unsaturated/α-hetero) is 1. The Morgan fingerprint density at radius 3 is 2.60 bits per heavy atom. The summed E-state index contributed by atoms with van der Waals surface area (Å²) < 4.78 is 1.85. The normalized spacial score (nSPS) is 12.5. The maximum Gasteiger partial charge on any atom is 0.164 e. The van der Waals surface area contributed by atoms with Gasteiger partial charge in [-0.2, -0.15) is 0 Å². The van der Waals surface area contributed by atoms with E-state index < -0.39 is 0 Å².